The molecule has 0 unspecified atom stereocenters. The normalized spacial score (nSPS) is 16.1. The Labute approximate surface area is 126 Å². The number of ether oxygens (including phenoxy) is 1. The van der Waals surface area contributed by atoms with Crippen molar-refractivity contribution in [3.63, 3.8) is 0 Å². The Hall–Kier alpha value is -1.95. The van der Waals surface area contributed by atoms with Crippen LogP contribution in [0.4, 0.5) is 0 Å². The average molecular weight is 304 g/mol. The lowest BCUT2D eigenvalue weighted by Crippen LogP contribution is -2.38. The van der Waals surface area contributed by atoms with Gasteiger partial charge in [0, 0.05) is 13.1 Å². The third kappa shape index (κ3) is 2.90. The summed E-state index contributed by atoms with van der Waals surface area (Å²) in [6.45, 7) is 3.14. The van der Waals surface area contributed by atoms with Gasteiger partial charge in [-0.2, -0.15) is 0 Å². The van der Waals surface area contributed by atoms with Gasteiger partial charge < -0.3 is 9.64 Å². The Balaban J connectivity index is 1.68. The highest BCUT2D eigenvalue weighted by Gasteiger charge is 2.26. The molecule has 1 aliphatic heterocycles. The number of thiazole rings is 1. The van der Waals surface area contributed by atoms with Gasteiger partial charge in [-0.1, -0.05) is 0 Å². The standard InChI is InChI=1S/C15H16N2O3S/c1-10(14(18)17-6-2-3-7-17)20-15(19)11-4-5-12-13(8-11)21-9-16-12/h4-5,8-10H,2-3,6-7H2,1H3/t10-/m1/s1. The highest BCUT2D eigenvalue weighted by Crippen LogP contribution is 2.20. The van der Waals surface area contributed by atoms with E-state index in [9.17, 15) is 9.59 Å². The minimum Gasteiger partial charge on any atom is -0.449 e. The number of aromatic nitrogens is 1. The maximum atomic E-state index is 12.1. The average Bonchev–Trinajstić information content (AvgIpc) is 3.16. The van der Waals surface area contributed by atoms with E-state index in [0.717, 1.165) is 36.1 Å². The summed E-state index contributed by atoms with van der Waals surface area (Å²) in [5.74, 6) is -0.579. The fraction of sp³-hybridized carbons (Fsp3) is 0.400. The Morgan fingerprint density at radius 2 is 2.10 bits per heavy atom. The van der Waals surface area contributed by atoms with Gasteiger partial charge in [0.25, 0.3) is 5.91 Å². The first-order valence-electron chi connectivity index (χ1n) is 6.98. The van der Waals surface area contributed by atoms with E-state index in [1.54, 1.807) is 35.5 Å². The minimum absolute atomic E-state index is 0.111. The molecule has 1 aromatic heterocycles. The Kier molecular flexibility index (Phi) is 3.88. The summed E-state index contributed by atoms with van der Waals surface area (Å²) >= 11 is 1.47. The number of likely N-dealkylation sites (tertiary alicyclic amines) is 1. The van der Waals surface area contributed by atoms with Crippen LogP contribution in [0.1, 0.15) is 30.1 Å². The van der Waals surface area contributed by atoms with Crippen LogP contribution in [0.5, 0.6) is 0 Å². The van der Waals surface area contributed by atoms with Gasteiger partial charge in [0.2, 0.25) is 0 Å². The summed E-state index contributed by atoms with van der Waals surface area (Å²) in [5, 5.41) is 0. The second-order valence-electron chi connectivity index (χ2n) is 5.11. The lowest BCUT2D eigenvalue weighted by Gasteiger charge is -2.20. The van der Waals surface area contributed by atoms with Crippen molar-refractivity contribution in [1.82, 2.24) is 9.88 Å². The van der Waals surface area contributed by atoms with Gasteiger partial charge in [0.15, 0.2) is 6.10 Å². The van der Waals surface area contributed by atoms with E-state index in [-0.39, 0.29) is 5.91 Å². The molecule has 0 aliphatic carbocycles. The van der Waals surface area contributed by atoms with Crippen LogP contribution < -0.4 is 0 Å². The highest BCUT2D eigenvalue weighted by molar-refractivity contribution is 7.16. The molecule has 6 heteroatoms. The van der Waals surface area contributed by atoms with Gasteiger partial charge >= 0.3 is 5.97 Å². The maximum absolute atomic E-state index is 12.1. The van der Waals surface area contributed by atoms with Crippen LogP contribution in [0.3, 0.4) is 0 Å². The summed E-state index contributed by atoms with van der Waals surface area (Å²) in [7, 11) is 0. The fourth-order valence-corrected chi connectivity index (χ4v) is 3.17. The molecule has 1 aliphatic rings. The second-order valence-corrected chi connectivity index (χ2v) is 6.00. The van der Waals surface area contributed by atoms with Gasteiger partial charge in [0.05, 0.1) is 21.3 Å². The zero-order valence-corrected chi connectivity index (χ0v) is 12.6. The van der Waals surface area contributed by atoms with Gasteiger partial charge in [-0.25, -0.2) is 9.78 Å². The lowest BCUT2D eigenvalue weighted by molar-refractivity contribution is -0.138. The molecule has 0 spiro atoms. The third-order valence-corrected chi connectivity index (χ3v) is 4.41. The first kappa shape index (κ1) is 14.0. The number of rotatable bonds is 3. The van der Waals surface area contributed by atoms with Crippen LogP contribution in [0, 0.1) is 0 Å². The Morgan fingerprint density at radius 3 is 2.86 bits per heavy atom. The maximum Gasteiger partial charge on any atom is 0.338 e. The van der Waals surface area contributed by atoms with Crippen LogP contribution in [-0.2, 0) is 9.53 Å². The molecule has 0 N–H and O–H groups in total. The molecule has 21 heavy (non-hydrogen) atoms. The highest BCUT2D eigenvalue weighted by atomic mass is 32.1. The molecule has 5 nitrogen and oxygen atoms in total. The third-order valence-electron chi connectivity index (χ3n) is 3.62. The number of nitrogens with zero attached hydrogens (tertiary/aromatic N) is 2. The number of fused-ring (bicyclic) bond motifs is 1. The molecule has 1 amide bonds. The molecule has 0 saturated carbocycles. The molecule has 0 bridgehead atoms. The van der Waals surface area contributed by atoms with Crippen molar-refractivity contribution in [1.29, 1.82) is 0 Å². The minimum atomic E-state index is -0.743. The molecular formula is C15H16N2O3S. The number of amides is 1. The first-order valence-corrected chi connectivity index (χ1v) is 7.86. The van der Waals surface area contributed by atoms with Crippen molar-refractivity contribution < 1.29 is 14.3 Å². The zero-order chi connectivity index (χ0) is 14.8. The van der Waals surface area contributed by atoms with E-state index in [1.165, 1.54) is 11.3 Å². The largest absolute Gasteiger partial charge is 0.449 e. The smallest absolute Gasteiger partial charge is 0.338 e. The predicted octanol–water partition coefficient (Wildman–Crippen LogP) is 2.46. The molecule has 1 fully saturated rings. The van der Waals surface area contributed by atoms with E-state index < -0.39 is 12.1 Å². The van der Waals surface area contributed by atoms with Crippen molar-refractivity contribution in [2.24, 2.45) is 0 Å². The number of hydrogen-bond donors (Lipinski definition) is 0. The van der Waals surface area contributed by atoms with Crippen molar-refractivity contribution in [3.05, 3.63) is 29.3 Å². The quantitative estimate of drug-likeness (QED) is 0.817. The Morgan fingerprint density at radius 1 is 1.33 bits per heavy atom. The van der Waals surface area contributed by atoms with Crippen LogP contribution >= 0.6 is 11.3 Å². The van der Waals surface area contributed by atoms with E-state index in [2.05, 4.69) is 4.98 Å². The summed E-state index contributed by atoms with van der Waals surface area (Å²) in [4.78, 5) is 30.2. The molecule has 1 aromatic carbocycles. The first-order chi connectivity index (χ1) is 10.1. The molecule has 3 rings (SSSR count). The van der Waals surface area contributed by atoms with Gasteiger partial charge in [-0.05, 0) is 38.0 Å². The summed E-state index contributed by atoms with van der Waals surface area (Å²) < 4.78 is 6.22. The van der Waals surface area contributed by atoms with E-state index in [1.807, 2.05) is 0 Å². The van der Waals surface area contributed by atoms with Crippen molar-refractivity contribution in [2.75, 3.05) is 13.1 Å². The molecule has 2 aromatic rings. The molecule has 2 heterocycles. The summed E-state index contributed by atoms with van der Waals surface area (Å²) in [5.41, 5.74) is 3.05. The van der Waals surface area contributed by atoms with E-state index >= 15 is 0 Å². The predicted molar refractivity (Wildman–Crippen MR) is 80.3 cm³/mol. The zero-order valence-electron chi connectivity index (χ0n) is 11.7. The lowest BCUT2D eigenvalue weighted by atomic mass is 10.2. The number of esters is 1. The number of carbonyl (C=O) groups excluding carboxylic acids is 2. The molecule has 110 valence electrons. The summed E-state index contributed by atoms with van der Waals surface area (Å²) in [6, 6.07) is 5.22. The number of carbonyl (C=O) groups is 2. The number of benzene rings is 1. The number of hydrogen-bond acceptors (Lipinski definition) is 5. The molecule has 1 atom stereocenters. The Bertz CT molecular complexity index is 676. The van der Waals surface area contributed by atoms with E-state index in [0.29, 0.717) is 5.56 Å². The van der Waals surface area contributed by atoms with Crippen molar-refractivity contribution >= 4 is 33.4 Å². The van der Waals surface area contributed by atoms with Gasteiger partial charge in [0.1, 0.15) is 0 Å². The van der Waals surface area contributed by atoms with Crippen LogP contribution in [0.2, 0.25) is 0 Å². The van der Waals surface area contributed by atoms with Crippen molar-refractivity contribution in [2.45, 2.75) is 25.9 Å². The molecule has 0 radical (unpaired) electrons. The van der Waals surface area contributed by atoms with Crippen LogP contribution in [0.15, 0.2) is 23.7 Å². The fourth-order valence-electron chi connectivity index (χ4n) is 2.46. The molecule has 1 saturated heterocycles. The topological polar surface area (TPSA) is 59.5 Å². The SMILES string of the molecule is C[C@@H](OC(=O)c1ccc2ncsc2c1)C(=O)N1CCCC1. The van der Waals surface area contributed by atoms with Gasteiger partial charge in [-0.3, -0.25) is 4.79 Å². The van der Waals surface area contributed by atoms with Crippen LogP contribution in [0.25, 0.3) is 10.2 Å². The molecular weight excluding hydrogens is 288 g/mol. The summed E-state index contributed by atoms with van der Waals surface area (Å²) in [6.07, 6.45) is 1.30. The monoisotopic (exact) mass is 304 g/mol. The second kappa shape index (κ2) is 5.81. The van der Waals surface area contributed by atoms with E-state index in [4.69, 9.17) is 4.74 Å². The van der Waals surface area contributed by atoms with Crippen molar-refractivity contribution in [3.8, 4) is 0 Å². The van der Waals surface area contributed by atoms with Crippen LogP contribution in [-0.4, -0.2) is 41.0 Å². The van der Waals surface area contributed by atoms with Gasteiger partial charge in [-0.15, -0.1) is 11.3 Å².